The van der Waals surface area contributed by atoms with Crippen LogP contribution in [0.1, 0.15) is 5.56 Å². The first-order valence-electron chi connectivity index (χ1n) is 7.47. The van der Waals surface area contributed by atoms with Gasteiger partial charge in [-0.1, -0.05) is 23.7 Å². The Balaban J connectivity index is 2.14. The molecule has 2 aromatic heterocycles. The van der Waals surface area contributed by atoms with Crippen LogP contribution in [0.4, 0.5) is 0 Å². The number of aryl methyl sites for hydroxylation is 1. The Bertz CT molecular complexity index is 1100. The van der Waals surface area contributed by atoms with E-state index in [4.69, 9.17) is 16.0 Å². The van der Waals surface area contributed by atoms with Crippen LogP contribution in [-0.2, 0) is 0 Å². The van der Waals surface area contributed by atoms with Gasteiger partial charge in [0.25, 0.3) is 5.56 Å². The molecule has 0 saturated heterocycles. The molecule has 0 amide bonds. The molecule has 0 saturated carbocycles. The summed E-state index contributed by atoms with van der Waals surface area (Å²) in [7, 11) is 0. The van der Waals surface area contributed by atoms with Crippen molar-refractivity contribution in [3.63, 3.8) is 0 Å². The molecule has 0 aliphatic heterocycles. The second-order valence-electron chi connectivity index (χ2n) is 5.55. The second kappa shape index (κ2) is 5.65. The van der Waals surface area contributed by atoms with Crippen LogP contribution in [-0.4, -0.2) is 9.55 Å². The molecule has 118 valence electrons. The molecule has 24 heavy (non-hydrogen) atoms. The van der Waals surface area contributed by atoms with E-state index in [0.29, 0.717) is 27.5 Å². The highest BCUT2D eigenvalue weighted by Crippen LogP contribution is 2.24. The smallest absolute Gasteiger partial charge is 0.266 e. The normalized spacial score (nSPS) is 11.1. The van der Waals surface area contributed by atoms with Gasteiger partial charge in [0, 0.05) is 5.02 Å². The summed E-state index contributed by atoms with van der Waals surface area (Å²) >= 11 is 6.06. The summed E-state index contributed by atoms with van der Waals surface area (Å²) in [6.07, 6.45) is 1.56. The first kappa shape index (κ1) is 14.7. The summed E-state index contributed by atoms with van der Waals surface area (Å²) in [6, 6.07) is 16.4. The molecule has 2 heterocycles. The topological polar surface area (TPSA) is 48.0 Å². The van der Waals surface area contributed by atoms with Gasteiger partial charge in [-0.3, -0.25) is 9.36 Å². The van der Waals surface area contributed by atoms with E-state index in [2.05, 4.69) is 4.98 Å². The number of nitrogens with zero attached hydrogens (tertiary/aromatic N) is 2. The molecule has 5 heteroatoms. The number of benzene rings is 2. The van der Waals surface area contributed by atoms with Gasteiger partial charge in [0.1, 0.15) is 0 Å². The van der Waals surface area contributed by atoms with E-state index < -0.39 is 0 Å². The SMILES string of the molecule is Cc1cccc(-n2c(-c3ccco3)nc3ccc(Cl)cc3c2=O)c1. The lowest BCUT2D eigenvalue weighted by Crippen LogP contribution is -2.22. The minimum atomic E-state index is -0.181. The first-order valence-corrected chi connectivity index (χ1v) is 7.84. The van der Waals surface area contributed by atoms with Crippen LogP contribution in [0.3, 0.4) is 0 Å². The van der Waals surface area contributed by atoms with Gasteiger partial charge < -0.3 is 4.42 Å². The molecule has 0 aliphatic rings. The monoisotopic (exact) mass is 336 g/mol. The molecule has 0 N–H and O–H groups in total. The fraction of sp³-hybridized carbons (Fsp3) is 0.0526. The lowest BCUT2D eigenvalue weighted by atomic mass is 10.2. The zero-order valence-corrected chi connectivity index (χ0v) is 13.6. The van der Waals surface area contributed by atoms with Gasteiger partial charge in [-0.05, 0) is 55.0 Å². The minimum absolute atomic E-state index is 0.181. The quantitative estimate of drug-likeness (QED) is 0.537. The van der Waals surface area contributed by atoms with Crippen molar-refractivity contribution >= 4 is 22.5 Å². The number of rotatable bonds is 2. The number of fused-ring (bicyclic) bond motifs is 1. The number of hydrogen-bond donors (Lipinski definition) is 0. The standard InChI is InChI=1S/C19H13ClN2O2/c1-12-4-2-5-14(10-12)22-18(17-6-3-9-24-17)21-16-8-7-13(20)11-15(16)19(22)23/h2-11H,1H3. The van der Waals surface area contributed by atoms with E-state index in [1.807, 2.05) is 31.2 Å². The lowest BCUT2D eigenvalue weighted by Gasteiger charge is -2.13. The molecule has 0 fully saturated rings. The third kappa shape index (κ3) is 2.41. The van der Waals surface area contributed by atoms with Crippen molar-refractivity contribution in [2.75, 3.05) is 0 Å². The van der Waals surface area contributed by atoms with Crippen molar-refractivity contribution in [3.8, 4) is 17.3 Å². The highest BCUT2D eigenvalue weighted by atomic mass is 35.5. The Hall–Kier alpha value is -2.85. The Kier molecular flexibility index (Phi) is 3.47. The molecular formula is C19H13ClN2O2. The van der Waals surface area contributed by atoms with E-state index in [0.717, 1.165) is 11.3 Å². The van der Waals surface area contributed by atoms with Crippen LogP contribution >= 0.6 is 11.6 Å². The third-order valence-corrected chi connectivity index (χ3v) is 4.07. The fourth-order valence-electron chi connectivity index (χ4n) is 2.74. The zero-order chi connectivity index (χ0) is 16.7. The van der Waals surface area contributed by atoms with Crippen molar-refractivity contribution < 1.29 is 4.42 Å². The van der Waals surface area contributed by atoms with Crippen LogP contribution < -0.4 is 5.56 Å². The predicted octanol–water partition coefficient (Wildman–Crippen LogP) is 4.61. The van der Waals surface area contributed by atoms with Crippen LogP contribution in [0.2, 0.25) is 5.02 Å². The van der Waals surface area contributed by atoms with Crippen LogP contribution in [0.5, 0.6) is 0 Å². The minimum Gasteiger partial charge on any atom is -0.461 e. The van der Waals surface area contributed by atoms with Crippen molar-refractivity contribution in [3.05, 3.63) is 81.8 Å². The Morgan fingerprint density at radius 2 is 1.96 bits per heavy atom. The molecule has 0 spiro atoms. The largest absolute Gasteiger partial charge is 0.461 e. The molecule has 0 aliphatic carbocycles. The van der Waals surface area contributed by atoms with Gasteiger partial charge in [0.2, 0.25) is 0 Å². The number of furan rings is 1. The van der Waals surface area contributed by atoms with Gasteiger partial charge >= 0.3 is 0 Å². The van der Waals surface area contributed by atoms with Crippen molar-refractivity contribution in [1.29, 1.82) is 0 Å². The molecule has 0 bridgehead atoms. The van der Waals surface area contributed by atoms with E-state index >= 15 is 0 Å². The summed E-state index contributed by atoms with van der Waals surface area (Å²) in [4.78, 5) is 17.8. The van der Waals surface area contributed by atoms with Gasteiger partial charge in [-0.2, -0.15) is 0 Å². The maximum absolute atomic E-state index is 13.1. The summed E-state index contributed by atoms with van der Waals surface area (Å²) < 4.78 is 7.05. The predicted molar refractivity (Wildman–Crippen MR) is 94.8 cm³/mol. The molecule has 4 rings (SSSR count). The van der Waals surface area contributed by atoms with E-state index in [9.17, 15) is 4.79 Å². The van der Waals surface area contributed by atoms with E-state index in [1.165, 1.54) is 0 Å². The van der Waals surface area contributed by atoms with Crippen molar-refractivity contribution in [1.82, 2.24) is 9.55 Å². The van der Waals surface area contributed by atoms with Gasteiger partial charge in [-0.15, -0.1) is 0 Å². The number of hydrogen-bond acceptors (Lipinski definition) is 3. The van der Waals surface area contributed by atoms with Gasteiger partial charge in [0.05, 0.1) is 22.9 Å². The van der Waals surface area contributed by atoms with Crippen LogP contribution in [0.25, 0.3) is 28.2 Å². The third-order valence-electron chi connectivity index (χ3n) is 3.83. The summed E-state index contributed by atoms with van der Waals surface area (Å²) in [6.45, 7) is 1.98. The summed E-state index contributed by atoms with van der Waals surface area (Å²) in [5.74, 6) is 0.996. The van der Waals surface area contributed by atoms with E-state index in [-0.39, 0.29) is 5.56 Å². The number of halogens is 1. The highest BCUT2D eigenvalue weighted by molar-refractivity contribution is 6.31. The van der Waals surface area contributed by atoms with Crippen LogP contribution in [0.15, 0.2) is 70.1 Å². The molecular weight excluding hydrogens is 324 g/mol. The molecule has 0 atom stereocenters. The van der Waals surface area contributed by atoms with Crippen molar-refractivity contribution in [2.45, 2.75) is 6.92 Å². The summed E-state index contributed by atoms with van der Waals surface area (Å²) in [5.41, 5.74) is 2.19. The molecule has 4 aromatic rings. The Morgan fingerprint density at radius 1 is 1.08 bits per heavy atom. The Morgan fingerprint density at radius 3 is 2.71 bits per heavy atom. The maximum Gasteiger partial charge on any atom is 0.266 e. The molecule has 0 radical (unpaired) electrons. The average Bonchev–Trinajstić information content (AvgIpc) is 3.09. The first-order chi connectivity index (χ1) is 11.6. The summed E-state index contributed by atoms with van der Waals surface area (Å²) in [5, 5.41) is 0.974. The van der Waals surface area contributed by atoms with Crippen molar-refractivity contribution in [2.24, 2.45) is 0 Å². The van der Waals surface area contributed by atoms with Gasteiger partial charge in [-0.25, -0.2) is 4.98 Å². The van der Waals surface area contributed by atoms with E-state index in [1.54, 1.807) is 41.2 Å². The zero-order valence-electron chi connectivity index (χ0n) is 12.9. The second-order valence-corrected chi connectivity index (χ2v) is 5.99. The lowest BCUT2D eigenvalue weighted by molar-refractivity contribution is 0.574. The Labute approximate surface area is 143 Å². The maximum atomic E-state index is 13.1. The van der Waals surface area contributed by atoms with Gasteiger partial charge in [0.15, 0.2) is 11.6 Å². The van der Waals surface area contributed by atoms with Crippen LogP contribution in [0, 0.1) is 6.92 Å². The number of aromatic nitrogens is 2. The molecule has 2 aromatic carbocycles. The highest BCUT2D eigenvalue weighted by Gasteiger charge is 2.16. The average molecular weight is 337 g/mol. The molecule has 0 unspecified atom stereocenters. The molecule has 4 nitrogen and oxygen atoms in total. The fourth-order valence-corrected chi connectivity index (χ4v) is 2.91.